The Morgan fingerprint density at radius 3 is 2.84 bits per heavy atom. The molecule has 0 saturated heterocycles. The second-order valence-corrected chi connectivity index (χ2v) is 4.41. The van der Waals surface area contributed by atoms with Gasteiger partial charge >= 0.3 is 0 Å². The largest absolute Gasteiger partial charge is 0.337 e. The van der Waals surface area contributed by atoms with Crippen LogP contribution in [0.15, 0.2) is 24.3 Å². The van der Waals surface area contributed by atoms with Crippen molar-refractivity contribution >= 4 is 11.0 Å². The maximum atomic E-state index is 13.7. The second kappa shape index (κ2) is 4.50. The molecule has 0 amide bonds. The summed E-state index contributed by atoms with van der Waals surface area (Å²) in [5.41, 5.74) is 2.99. The average molecular weight is 258 g/mol. The topological polar surface area (TPSA) is 46.5 Å². The predicted octanol–water partition coefficient (Wildman–Crippen LogP) is 3.15. The zero-order valence-electron chi connectivity index (χ0n) is 10.9. The van der Waals surface area contributed by atoms with Gasteiger partial charge in [-0.1, -0.05) is 13.0 Å². The molecule has 19 heavy (non-hydrogen) atoms. The maximum absolute atomic E-state index is 13.7. The molecule has 0 bridgehead atoms. The minimum Gasteiger partial charge on any atom is -0.337 e. The molecule has 3 rings (SSSR count). The van der Waals surface area contributed by atoms with Crippen LogP contribution in [0, 0.1) is 5.82 Å². The summed E-state index contributed by atoms with van der Waals surface area (Å²) in [7, 11) is 0. The van der Waals surface area contributed by atoms with Crippen molar-refractivity contribution in [2.75, 3.05) is 0 Å². The van der Waals surface area contributed by atoms with Crippen LogP contribution in [0.2, 0.25) is 0 Å². The fraction of sp³-hybridized carbons (Fsp3) is 0.286. The van der Waals surface area contributed by atoms with Crippen LogP contribution in [0.25, 0.3) is 22.6 Å². The number of para-hydroxylation sites is 1. The van der Waals surface area contributed by atoms with Crippen LogP contribution in [0.3, 0.4) is 0 Å². The number of imidazole rings is 1. The molecule has 0 unspecified atom stereocenters. The van der Waals surface area contributed by atoms with E-state index >= 15 is 0 Å². The highest BCUT2D eigenvalue weighted by molar-refractivity contribution is 5.79. The summed E-state index contributed by atoms with van der Waals surface area (Å²) in [5.74, 6) is 0.354. The normalized spacial score (nSPS) is 11.3. The summed E-state index contributed by atoms with van der Waals surface area (Å²) >= 11 is 0. The molecule has 0 aliphatic rings. The van der Waals surface area contributed by atoms with Gasteiger partial charge in [-0.2, -0.15) is 5.10 Å². The van der Waals surface area contributed by atoms with E-state index in [0.29, 0.717) is 16.9 Å². The molecule has 3 aromatic rings. The van der Waals surface area contributed by atoms with Gasteiger partial charge in [0.2, 0.25) is 0 Å². The van der Waals surface area contributed by atoms with Crippen LogP contribution in [0.5, 0.6) is 0 Å². The number of nitrogens with zero attached hydrogens (tertiary/aromatic N) is 3. The molecular weight excluding hydrogens is 243 g/mol. The predicted molar refractivity (Wildman–Crippen MR) is 72.3 cm³/mol. The lowest BCUT2D eigenvalue weighted by Crippen LogP contribution is -2.00. The minimum absolute atomic E-state index is 0.307. The van der Waals surface area contributed by atoms with Crippen molar-refractivity contribution in [2.24, 2.45) is 0 Å². The number of nitrogens with one attached hydrogen (secondary N) is 1. The molecule has 98 valence electrons. The summed E-state index contributed by atoms with van der Waals surface area (Å²) in [6, 6.07) is 6.91. The van der Waals surface area contributed by atoms with Crippen molar-refractivity contribution in [1.29, 1.82) is 0 Å². The number of aromatic amines is 1. The number of halogens is 1. The van der Waals surface area contributed by atoms with Crippen molar-refractivity contribution in [1.82, 2.24) is 19.7 Å². The smallest absolute Gasteiger partial charge is 0.156 e. The molecule has 1 aromatic carbocycles. The SMILES string of the molecule is CCc1cc(-c2nc3c(F)cccc3[nH]2)n(CC)n1. The zero-order chi connectivity index (χ0) is 13.4. The highest BCUT2D eigenvalue weighted by Gasteiger charge is 2.13. The van der Waals surface area contributed by atoms with E-state index in [2.05, 4.69) is 22.0 Å². The third kappa shape index (κ3) is 1.91. The number of fused-ring (bicyclic) bond motifs is 1. The van der Waals surface area contributed by atoms with Gasteiger partial charge in [0.1, 0.15) is 11.2 Å². The van der Waals surface area contributed by atoms with E-state index < -0.39 is 0 Å². The summed E-state index contributed by atoms with van der Waals surface area (Å²) in [4.78, 5) is 7.50. The first-order valence-corrected chi connectivity index (χ1v) is 6.44. The van der Waals surface area contributed by atoms with Crippen LogP contribution in [0.1, 0.15) is 19.5 Å². The number of rotatable bonds is 3. The van der Waals surface area contributed by atoms with Crippen LogP contribution < -0.4 is 0 Å². The van der Waals surface area contributed by atoms with Crippen molar-refractivity contribution in [3.05, 3.63) is 35.8 Å². The highest BCUT2D eigenvalue weighted by atomic mass is 19.1. The molecule has 5 heteroatoms. The van der Waals surface area contributed by atoms with E-state index in [4.69, 9.17) is 0 Å². The first-order valence-electron chi connectivity index (χ1n) is 6.44. The summed E-state index contributed by atoms with van der Waals surface area (Å²) in [5, 5.41) is 4.48. The average Bonchev–Trinajstić information content (AvgIpc) is 3.02. The lowest BCUT2D eigenvalue weighted by molar-refractivity contribution is 0.637. The number of hydrogen-bond donors (Lipinski definition) is 1. The molecule has 2 heterocycles. The Hall–Kier alpha value is -2.17. The van der Waals surface area contributed by atoms with E-state index in [-0.39, 0.29) is 5.82 Å². The second-order valence-electron chi connectivity index (χ2n) is 4.41. The Morgan fingerprint density at radius 2 is 2.16 bits per heavy atom. The Balaban J connectivity index is 2.18. The van der Waals surface area contributed by atoms with Crippen molar-refractivity contribution in [2.45, 2.75) is 26.8 Å². The maximum Gasteiger partial charge on any atom is 0.156 e. The van der Waals surface area contributed by atoms with E-state index in [1.165, 1.54) is 6.07 Å². The fourth-order valence-electron chi connectivity index (χ4n) is 2.19. The van der Waals surface area contributed by atoms with Gasteiger partial charge in [-0.15, -0.1) is 0 Å². The van der Waals surface area contributed by atoms with Crippen LogP contribution in [0.4, 0.5) is 4.39 Å². The van der Waals surface area contributed by atoms with Gasteiger partial charge in [0.25, 0.3) is 0 Å². The monoisotopic (exact) mass is 258 g/mol. The van der Waals surface area contributed by atoms with E-state index in [9.17, 15) is 4.39 Å². The van der Waals surface area contributed by atoms with Crippen molar-refractivity contribution in [3.63, 3.8) is 0 Å². The minimum atomic E-state index is -0.307. The van der Waals surface area contributed by atoms with Crippen LogP contribution in [-0.4, -0.2) is 19.7 Å². The van der Waals surface area contributed by atoms with E-state index in [0.717, 1.165) is 24.4 Å². The Bertz CT molecular complexity index is 726. The molecule has 0 fully saturated rings. The van der Waals surface area contributed by atoms with Crippen molar-refractivity contribution in [3.8, 4) is 11.5 Å². The number of aryl methyl sites for hydroxylation is 2. The molecule has 2 aromatic heterocycles. The molecule has 0 aliphatic carbocycles. The van der Waals surface area contributed by atoms with Crippen molar-refractivity contribution < 1.29 is 4.39 Å². The Morgan fingerprint density at radius 1 is 1.32 bits per heavy atom. The van der Waals surface area contributed by atoms with Gasteiger partial charge in [0.05, 0.1) is 11.2 Å². The first kappa shape index (κ1) is 11.9. The van der Waals surface area contributed by atoms with Gasteiger partial charge in [0, 0.05) is 6.54 Å². The fourth-order valence-corrected chi connectivity index (χ4v) is 2.19. The Kier molecular flexibility index (Phi) is 2.81. The van der Waals surface area contributed by atoms with Crippen LogP contribution in [-0.2, 0) is 13.0 Å². The first-order chi connectivity index (χ1) is 9.22. The van der Waals surface area contributed by atoms with E-state index in [1.54, 1.807) is 6.07 Å². The summed E-state index contributed by atoms with van der Waals surface area (Å²) < 4.78 is 15.5. The molecular formula is C14H15FN4. The molecule has 0 saturated carbocycles. The molecule has 4 nitrogen and oxygen atoms in total. The molecule has 0 radical (unpaired) electrons. The van der Waals surface area contributed by atoms with Gasteiger partial charge in [0.15, 0.2) is 11.6 Å². The number of H-pyrrole nitrogens is 1. The Labute approximate surface area is 110 Å². The van der Waals surface area contributed by atoms with Gasteiger partial charge in [-0.25, -0.2) is 9.37 Å². The lowest BCUT2D eigenvalue weighted by atomic mass is 10.3. The third-order valence-electron chi connectivity index (χ3n) is 3.20. The summed E-state index contributed by atoms with van der Waals surface area (Å²) in [6.07, 6.45) is 0.870. The highest BCUT2D eigenvalue weighted by Crippen LogP contribution is 2.23. The zero-order valence-corrected chi connectivity index (χ0v) is 10.9. The molecule has 0 atom stereocenters. The molecule has 0 aliphatic heterocycles. The lowest BCUT2D eigenvalue weighted by Gasteiger charge is -2.00. The number of hydrogen-bond acceptors (Lipinski definition) is 2. The quantitative estimate of drug-likeness (QED) is 0.784. The van der Waals surface area contributed by atoms with Gasteiger partial charge < -0.3 is 4.98 Å². The number of benzene rings is 1. The van der Waals surface area contributed by atoms with Gasteiger partial charge in [-0.3, -0.25) is 4.68 Å². The van der Waals surface area contributed by atoms with E-state index in [1.807, 2.05) is 23.7 Å². The van der Waals surface area contributed by atoms with Crippen LogP contribution >= 0.6 is 0 Å². The number of aromatic nitrogens is 4. The third-order valence-corrected chi connectivity index (χ3v) is 3.20. The van der Waals surface area contributed by atoms with Gasteiger partial charge in [-0.05, 0) is 31.5 Å². The standard InChI is InChI=1S/C14H15FN4/c1-3-9-8-12(19(4-2)18-9)14-16-11-7-5-6-10(15)13(11)17-14/h5-8H,3-4H2,1-2H3,(H,16,17). The molecule has 1 N–H and O–H groups in total. The summed E-state index contributed by atoms with van der Waals surface area (Å²) in [6.45, 7) is 4.85. The molecule has 0 spiro atoms.